The van der Waals surface area contributed by atoms with Crippen LogP contribution in [0.15, 0.2) is 67.0 Å². The largest absolute Gasteiger partial charge is 0.381 e. The molecule has 2 aromatic carbocycles. The molecule has 2 saturated carbocycles. The van der Waals surface area contributed by atoms with Gasteiger partial charge in [-0.2, -0.15) is 0 Å². The summed E-state index contributed by atoms with van der Waals surface area (Å²) in [5, 5.41) is 4.65. The topological polar surface area (TPSA) is 120 Å². The molecule has 3 fully saturated rings. The zero-order chi connectivity index (χ0) is 43.3. The van der Waals surface area contributed by atoms with Crippen LogP contribution in [0.3, 0.4) is 0 Å². The number of benzene rings is 2. The molecule has 0 unspecified atom stereocenters. The van der Waals surface area contributed by atoms with Crippen molar-refractivity contribution in [1.29, 1.82) is 0 Å². The van der Waals surface area contributed by atoms with Gasteiger partial charge in [0, 0.05) is 132 Å². The maximum absolute atomic E-state index is 12.5. The van der Waals surface area contributed by atoms with E-state index in [1.807, 2.05) is 36.0 Å². The molecule has 66 heavy (non-hydrogen) atoms. The normalized spacial score (nSPS) is 18.4. The van der Waals surface area contributed by atoms with Crippen LogP contribution in [0, 0.1) is 7.43 Å². The Morgan fingerprint density at radius 3 is 1.73 bits per heavy atom. The molecule has 350 valence electrons. The third-order valence-electron chi connectivity index (χ3n) is 14.3. The molecule has 6 aliphatic rings. The first kappa shape index (κ1) is 46.1. The van der Waals surface area contributed by atoms with Gasteiger partial charge in [-0.15, -0.1) is 0 Å². The fourth-order valence-electron chi connectivity index (χ4n) is 10.3. The molecule has 6 aromatic rings. The Kier molecular flexibility index (Phi) is 13.7. The van der Waals surface area contributed by atoms with E-state index in [0.29, 0.717) is 50.3 Å². The van der Waals surface area contributed by atoms with E-state index in [4.69, 9.17) is 29.4 Å². The first-order valence-corrected chi connectivity index (χ1v) is 23.8. The second-order valence-electron chi connectivity index (χ2n) is 18.4. The van der Waals surface area contributed by atoms with Crippen LogP contribution in [-0.2, 0) is 65.7 Å². The third kappa shape index (κ3) is 8.92. The van der Waals surface area contributed by atoms with E-state index in [2.05, 4.69) is 63.7 Å². The standard InChI is InChI=1S/C26H30N4O2.C26H28N4O2.CH3.Pd.H2/c2*1-2-24(31)29-10-11-30-23(16-29)25(28-26(30)18-6-7-18)20-5-3-4-19-14-22(27-15-21(19)20)17-8-12-32-13-9-17;;;/h3-5,14-15,17-18H,2,6-13,16H2,1H3;3-5,8,14-15,18H,2,6-7,9-13,16H2,1H3;1H3;;1H/q;;-1;;. The van der Waals surface area contributed by atoms with Crippen molar-refractivity contribution in [3.05, 3.63) is 109 Å². The Morgan fingerprint density at radius 2 is 1.21 bits per heavy atom. The van der Waals surface area contributed by atoms with Gasteiger partial charge in [-0.1, -0.05) is 56.3 Å². The van der Waals surface area contributed by atoms with Crippen molar-refractivity contribution in [3.8, 4) is 22.5 Å². The average molecular weight is 983 g/mol. The quantitative estimate of drug-likeness (QED) is 0.109. The minimum atomic E-state index is 0. The van der Waals surface area contributed by atoms with E-state index in [0.717, 1.165) is 104 Å². The molecule has 0 spiro atoms. The van der Waals surface area contributed by atoms with Gasteiger partial charge in [0.25, 0.3) is 0 Å². The van der Waals surface area contributed by atoms with Crippen molar-refractivity contribution in [3.63, 3.8) is 0 Å². The molecule has 13 heteroatoms. The number of pyridine rings is 2. The summed E-state index contributed by atoms with van der Waals surface area (Å²) in [5.41, 5.74) is 10.1. The zero-order valence-corrected chi connectivity index (χ0v) is 40.1. The Bertz CT molecular complexity index is 2810. The molecule has 1 saturated heterocycles. The van der Waals surface area contributed by atoms with E-state index in [1.165, 1.54) is 70.8 Å². The van der Waals surface area contributed by atoms with Gasteiger partial charge in [-0.05, 0) is 73.4 Å². The molecule has 0 radical (unpaired) electrons. The van der Waals surface area contributed by atoms with Gasteiger partial charge in [-0.3, -0.25) is 19.6 Å². The number of hydrogen-bond donors (Lipinski definition) is 0. The number of nitrogens with zero attached hydrogens (tertiary/aromatic N) is 8. The summed E-state index contributed by atoms with van der Waals surface area (Å²) < 4.78 is 15.8. The monoisotopic (exact) mass is 981 g/mol. The predicted octanol–water partition coefficient (Wildman–Crippen LogP) is 9.85. The van der Waals surface area contributed by atoms with E-state index < -0.39 is 0 Å². The van der Waals surface area contributed by atoms with Crippen molar-refractivity contribution < 1.29 is 40.9 Å². The first-order valence-electron chi connectivity index (χ1n) is 23.8. The van der Waals surface area contributed by atoms with Gasteiger partial charge in [0.2, 0.25) is 11.8 Å². The molecule has 12 nitrogen and oxygen atoms in total. The smallest absolute Gasteiger partial charge is 0.222 e. The molecule has 0 bridgehead atoms. The summed E-state index contributed by atoms with van der Waals surface area (Å²) in [6.07, 6.45) is 15.1. The number of hydrogen-bond acceptors (Lipinski definition) is 8. The van der Waals surface area contributed by atoms with Gasteiger partial charge >= 0.3 is 0 Å². The molecule has 2 amide bonds. The van der Waals surface area contributed by atoms with E-state index in [9.17, 15) is 9.59 Å². The SMILES string of the molecule is CCC(=O)N1CCn2c(C3CC3)nc(-c3cccc4cc(C5=CCOCC5)ncc34)c2C1.CCC(=O)N1CCn2c(C3CC3)nc(-c3cccc4cc(C5CCOCC5)ncc34)c2C1.[CH3-].[HH].[Pd]. The maximum Gasteiger partial charge on any atom is 0.222 e. The van der Waals surface area contributed by atoms with Crippen molar-refractivity contribution >= 4 is 38.9 Å². The second kappa shape index (κ2) is 19.7. The van der Waals surface area contributed by atoms with Crippen molar-refractivity contribution in [2.75, 3.05) is 39.5 Å². The molecule has 12 rings (SSSR count). The van der Waals surface area contributed by atoms with Gasteiger partial charge < -0.3 is 35.8 Å². The first-order chi connectivity index (χ1) is 31.4. The second-order valence-corrected chi connectivity index (χ2v) is 18.4. The van der Waals surface area contributed by atoms with E-state index >= 15 is 0 Å². The maximum atomic E-state index is 12.5. The van der Waals surface area contributed by atoms with E-state index in [1.54, 1.807) is 0 Å². The number of amides is 2. The Balaban J connectivity index is 0.000000174. The van der Waals surface area contributed by atoms with Gasteiger partial charge in [0.1, 0.15) is 11.6 Å². The molecular weight excluding hydrogens is 919 g/mol. The van der Waals surface area contributed by atoms with Crippen LogP contribution >= 0.6 is 0 Å². The van der Waals surface area contributed by atoms with Gasteiger partial charge in [0.05, 0.1) is 54.8 Å². The molecule has 4 aromatic heterocycles. The Hall–Kier alpha value is -5.06. The summed E-state index contributed by atoms with van der Waals surface area (Å²) in [7, 11) is 0. The number of fused-ring (bicyclic) bond motifs is 4. The summed E-state index contributed by atoms with van der Waals surface area (Å²) >= 11 is 0. The fraction of sp³-hybridized carbons (Fsp3) is 0.453. The van der Waals surface area contributed by atoms with Crippen LogP contribution in [0.2, 0.25) is 0 Å². The third-order valence-corrected chi connectivity index (χ3v) is 14.3. The molecule has 2 aliphatic carbocycles. The predicted molar refractivity (Wildman–Crippen MR) is 256 cm³/mol. The molecular formula is C53H63N8O4Pd-. The number of ether oxygens (including phenoxy) is 2. The molecule has 8 heterocycles. The number of rotatable bonds is 8. The minimum Gasteiger partial charge on any atom is -0.381 e. The van der Waals surface area contributed by atoms with Crippen molar-refractivity contribution in [2.45, 2.75) is 116 Å². The average Bonchev–Trinajstić information content (AvgIpc) is 4.32. The number of imidazole rings is 2. The summed E-state index contributed by atoms with van der Waals surface area (Å²) in [5.74, 6) is 4.46. The Morgan fingerprint density at radius 1 is 0.667 bits per heavy atom. The number of aromatic nitrogens is 6. The van der Waals surface area contributed by atoms with Crippen LogP contribution in [0.25, 0.3) is 49.6 Å². The zero-order valence-electron chi connectivity index (χ0n) is 38.5. The van der Waals surface area contributed by atoms with Crippen LogP contribution in [0.1, 0.15) is 125 Å². The van der Waals surface area contributed by atoms with Crippen LogP contribution in [0.4, 0.5) is 0 Å². The van der Waals surface area contributed by atoms with Crippen LogP contribution in [0.5, 0.6) is 0 Å². The van der Waals surface area contributed by atoms with Crippen molar-refractivity contribution in [1.82, 2.24) is 38.9 Å². The van der Waals surface area contributed by atoms with Crippen molar-refractivity contribution in [2.24, 2.45) is 0 Å². The molecule has 0 atom stereocenters. The number of carbonyl (C=O) groups excluding carboxylic acids is 2. The van der Waals surface area contributed by atoms with Crippen LogP contribution in [-0.4, -0.2) is 90.2 Å². The van der Waals surface area contributed by atoms with E-state index in [-0.39, 0.29) is 41.1 Å². The Labute approximate surface area is 403 Å². The number of carbonyl (C=O) groups is 2. The molecule has 4 aliphatic heterocycles. The molecule has 0 N–H and O–H groups in total. The fourth-order valence-corrected chi connectivity index (χ4v) is 10.3. The summed E-state index contributed by atoms with van der Waals surface area (Å²) in [6.45, 7) is 11.4. The summed E-state index contributed by atoms with van der Waals surface area (Å²) in [6, 6.07) is 17.3. The van der Waals surface area contributed by atoms with Gasteiger partial charge in [-0.25, -0.2) is 9.97 Å². The van der Waals surface area contributed by atoms with Gasteiger partial charge in [0.15, 0.2) is 0 Å². The summed E-state index contributed by atoms with van der Waals surface area (Å²) in [4.78, 5) is 48.9. The minimum absolute atomic E-state index is 0. The van der Waals surface area contributed by atoms with Crippen LogP contribution < -0.4 is 0 Å².